The summed E-state index contributed by atoms with van der Waals surface area (Å²) in [7, 11) is 0. The number of anilines is 1. The van der Waals surface area contributed by atoms with E-state index in [4.69, 9.17) is 33.7 Å². The lowest BCUT2D eigenvalue weighted by Gasteiger charge is -2.05. The van der Waals surface area contributed by atoms with Crippen LogP contribution in [0, 0.1) is 10.1 Å². The van der Waals surface area contributed by atoms with Crippen molar-refractivity contribution in [2.75, 3.05) is 5.73 Å². The van der Waals surface area contributed by atoms with Gasteiger partial charge in [0.15, 0.2) is 0 Å². The van der Waals surface area contributed by atoms with Crippen LogP contribution in [0.15, 0.2) is 18.2 Å². The molecule has 2 rings (SSSR count). The summed E-state index contributed by atoms with van der Waals surface area (Å²) in [5, 5.41) is 10.9. The molecule has 0 fully saturated rings. The third kappa shape index (κ3) is 3.18. The lowest BCUT2D eigenvalue weighted by atomic mass is 10.3. The van der Waals surface area contributed by atoms with Gasteiger partial charge < -0.3 is 10.5 Å². The first kappa shape index (κ1) is 13.2. The van der Waals surface area contributed by atoms with Gasteiger partial charge in [-0.3, -0.25) is 10.1 Å². The largest absolute Gasteiger partial charge is 0.417 e. The zero-order valence-electron chi connectivity index (χ0n) is 9.08. The molecule has 0 spiro atoms. The highest BCUT2D eigenvalue weighted by atomic mass is 35.5. The SMILES string of the molecule is Nc1nc(Cl)nc(Oc2cc(Cl)ccc2[N+](=O)[O-])n1. The summed E-state index contributed by atoms with van der Waals surface area (Å²) in [5.74, 6) is -0.293. The summed E-state index contributed by atoms with van der Waals surface area (Å²) >= 11 is 11.3. The summed E-state index contributed by atoms with van der Waals surface area (Å²) in [4.78, 5) is 21.0. The average molecular weight is 302 g/mol. The first-order chi connectivity index (χ1) is 8.95. The minimum Gasteiger partial charge on any atom is -0.417 e. The zero-order chi connectivity index (χ0) is 14.0. The van der Waals surface area contributed by atoms with Gasteiger partial charge in [0, 0.05) is 17.2 Å². The normalized spacial score (nSPS) is 10.2. The van der Waals surface area contributed by atoms with Crippen molar-refractivity contribution in [1.29, 1.82) is 0 Å². The second kappa shape index (κ2) is 5.21. The number of benzene rings is 1. The molecule has 1 aromatic carbocycles. The molecule has 0 aliphatic heterocycles. The summed E-state index contributed by atoms with van der Waals surface area (Å²) < 4.78 is 5.16. The van der Waals surface area contributed by atoms with Crippen LogP contribution in [-0.4, -0.2) is 19.9 Å². The molecule has 19 heavy (non-hydrogen) atoms. The van der Waals surface area contributed by atoms with E-state index in [2.05, 4.69) is 15.0 Å². The lowest BCUT2D eigenvalue weighted by molar-refractivity contribution is -0.385. The molecule has 0 atom stereocenters. The topological polar surface area (TPSA) is 117 Å². The Balaban J connectivity index is 2.42. The van der Waals surface area contributed by atoms with Gasteiger partial charge in [-0.1, -0.05) is 11.6 Å². The number of hydrogen-bond acceptors (Lipinski definition) is 7. The van der Waals surface area contributed by atoms with E-state index >= 15 is 0 Å². The van der Waals surface area contributed by atoms with Gasteiger partial charge in [0.1, 0.15) is 0 Å². The maximum Gasteiger partial charge on any atom is 0.328 e. The van der Waals surface area contributed by atoms with E-state index in [0.717, 1.165) is 0 Å². The monoisotopic (exact) mass is 301 g/mol. The molecule has 0 bridgehead atoms. The third-order valence-corrected chi connectivity index (χ3v) is 2.33. The van der Waals surface area contributed by atoms with E-state index in [1.165, 1.54) is 18.2 Å². The Morgan fingerprint density at radius 2 is 2.00 bits per heavy atom. The summed E-state index contributed by atoms with van der Waals surface area (Å²) in [6.45, 7) is 0. The summed E-state index contributed by atoms with van der Waals surface area (Å²) in [6.07, 6.45) is 0. The highest BCUT2D eigenvalue weighted by Gasteiger charge is 2.17. The van der Waals surface area contributed by atoms with Crippen LogP contribution >= 0.6 is 23.2 Å². The Hall–Kier alpha value is -2.19. The van der Waals surface area contributed by atoms with Crippen molar-refractivity contribution < 1.29 is 9.66 Å². The van der Waals surface area contributed by atoms with Gasteiger partial charge in [0.05, 0.1) is 4.92 Å². The molecular formula is C9H5Cl2N5O3. The molecule has 2 N–H and O–H groups in total. The van der Waals surface area contributed by atoms with Gasteiger partial charge in [-0.25, -0.2) is 0 Å². The molecule has 0 saturated heterocycles. The molecule has 0 aliphatic rings. The number of halogens is 2. The Morgan fingerprint density at radius 1 is 1.26 bits per heavy atom. The number of rotatable bonds is 3. The molecule has 2 aromatic rings. The van der Waals surface area contributed by atoms with Crippen molar-refractivity contribution in [1.82, 2.24) is 15.0 Å². The minimum atomic E-state index is -0.627. The second-order valence-corrected chi connectivity index (χ2v) is 3.99. The van der Waals surface area contributed by atoms with Crippen LogP contribution in [0.2, 0.25) is 10.3 Å². The van der Waals surface area contributed by atoms with E-state index in [9.17, 15) is 10.1 Å². The van der Waals surface area contributed by atoms with Crippen molar-refractivity contribution in [2.45, 2.75) is 0 Å². The predicted molar refractivity (Wildman–Crippen MR) is 67.4 cm³/mol. The molecule has 10 heteroatoms. The number of aromatic nitrogens is 3. The second-order valence-electron chi connectivity index (χ2n) is 3.22. The highest BCUT2D eigenvalue weighted by molar-refractivity contribution is 6.30. The molecule has 0 amide bonds. The standard InChI is InChI=1S/C9H5Cl2N5O3/c10-4-1-2-5(16(17)18)6(3-4)19-9-14-7(11)13-8(12)15-9/h1-3H,(H2,12,13,14,15). The van der Waals surface area contributed by atoms with Crippen LogP contribution in [0.3, 0.4) is 0 Å². The fraction of sp³-hybridized carbons (Fsp3) is 0. The third-order valence-electron chi connectivity index (χ3n) is 1.92. The van der Waals surface area contributed by atoms with Crippen LogP contribution in [0.5, 0.6) is 11.8 Å². The molecule has 0 unspecified atom stereocenters. The number of nitro benzene ring substituents is 1. The number of nitrogens with two attached hydrogens (primary N) is 1. The smallest absolute Gasteiger partial charge is 0.328 e. The Bertz CT molecular complexity index is 631. The fourth-order valence-electron chi connectivity index (χ4n) is 1.21. The van der Waals surface area contributed by atoms with E-state index in [0.29, 0.717) is 0 Å². The van der Waals surface area contributed by atoms with Crippen molar-refractivity contribution >= 4 is 34.8 Å². The van der Waals surface area contributed by atoms with Gasteiger partial charge in [0.25, 0.3) is 0 Å². The molecule has 1 aromatic heterocycles. The average Bonchev–Trinajstić information content (AvgIpc) is 2.26. The predicted octanol–water partition coefficient (Wildman–Crippen LogP) is 2.46. The molecule has 0 aliphatic carbocycles. The highest BCUT2D eigenvalue weighted by Crippen LogP contribution is 2.32. The molecule has 98 valence electrons. The van der Waals surface area contributed by atoms with Crippen molar-refractivity contribution in [3.63, 3.8) is 0 Å². The summed E-state index contributed by atoms with van der Waals surface area (Å²) in [6, 6.07) is 3.56. The lowest BCUT2D eigenvalue weighted by Crippen LogP contribution is -2.01. The number of hydrogen-bond donors (Lipinski definition) is 1. The fourth-order valence-corrected chi connectivity index (χ4v) is 1.53. The quantitative estimate of drug-likeness (QED) is 0.683. The number of nitrogens with zero attached hydrogens (tertiary/aromatic N) is 4. The van der Waals surface area contributed by atoms with Gasteiger partial charge in [-0.15, -0.1) is 0 Å². The van der Waals surface area contributed by atoms with E-state index < -0.39 is 4.92 Å². The maximum atomic E-state index is 10.8. The van der Waals surface area contributed by atoms with Crippen molar-refractivity contribution in [3.8, 4) is 11.8 Å². The van der Waals surface area contributed by atoms with Crippen LogP contribution < -0.4 is 10.5 Å². The molecule has 1 heterocycles. The van der Waals surface area contributed by atoms with Crippen LogP contribution in [0.1, 0.15) is 0 Å². The molecule has 8 nitrogen and oxygen atoms in total. The van der Waals surface area contributed by atoms with E-state index in [1.54, 1.807) is 0 Å². The molecule has 0 radical (unpaired) electrons. The summed E-state index contributed by atoms with van der Waals surface area (Å²) in [5.41, 5.74) is 5.06. The Labute approximate surface area is 116 Å². The van der Waals surface area contributed by atoms with Crippen molar-refractivity contribution in [2.24, 2.45) is 0 Å². The van der Waals surface area contributed by atoms with Crippen LogP contribution in [0.4, 0.5) is 11.6 Å². The van der Waals surface area contributed by atoms with Crippen molar-refractivity contribution in [3.05, 3.63) is 38.6 Å². The first-order valence-electron chi connectivity index (χ1n) is 4.74. The van der Waals surface area contributed by atoms with Gasteiger partial charge in [-0.2, -0.15) is 15.0 Å². The van der Waals surface area contributed by atoms with E-state index in [-0.39, 0.29) is 33.7 Å². The Morgan fingerprint density at radius 3 is 2.63 bits per heavy atom. The molecule has 0 saturated carbocycles. The van der Waals surface area contributed by atoms with Crippen LogP contribution in [0.25, 0.3) is 0 Å². The minimum absolute atomic E-state index is 0.126. The van der Waals surface area contributed by atoms with Gasteiger partial charge in [0.2, 0.25) is 17.0 Å². The Kier molecular flexibility index (Phi) is 3.63. The maximum absolute atomic E-state index is 10.8. The molecular weight excluding hydrogens is 297 g/mol. The number of ether oxygens (including phenoxy) is 1. The van der Waals surface area contributed by atoms with Gasteiger partial charge in [-0.05, 0) is 17.7 Å². The van der Waals surface area contributed by atoms with Gasteiger partial charge >= 0.3 is 11.7 Å². The van der Waals surface area contributed by atoms with E-state index in [1.807, 2.05) is 0 Å². The van der Waals surface area contributed by atoms with Crippen LogP contribution in [-0.2, 0) is 0 Å². The number of nitrogen functional groups attached to an aromatic ring is 1. The number of nitro groups is 1. The zero-order valence-corrected chi connectivity index (χ0v) is 10.6. The first-order valence-corrected chi connectivity index (χ1v) is 5.50.